The summed E-state index contributed by atoms with van der Waals surface area (Å²) in [6, 6.07) is 1.98. The van der Waals surface area contributed by atoms with Gasteiger partial charge < -0.3 is 0 Å². The topological polar surface area (TPSA) is 76.7 Å². The number of aromatic amines is 1. The van der Waals surface area contributed by atoms with Gasteiger partial charge in [-0.1, -0.05) is 5.16 Å². The summed E-state index contributed by atoms with van der Waals surface area (Å²) in [7, 11) is 0. The van der Waals surface area contributed by atoms with Gasteiger partial charge in [-0.25, -0.2) is 4.79 Å². The summed E-state index contributed by atoms with van der Waals surface area (Å²) in [5.41, 5.74) is 0.742. The zero-order valence-corrected chi connectivity index (χ0v) is 7.89. The summed E-state index contributed by atoms with van der Waals surface area (Å²) < 4.78 is 6.18. The van der Waals surface area contributed by atoms with Gasteiger partial charge in [-0.15, -0.1) is 0 Å². The number of H-pyrrole nitrogens is 1. The minimum Gasteiger partial charge on any atom is -0.296 e. The molecule has 1 N–H and O–H groups in total. The zero-order valence-electron chi connectivity index (χ0n) is 7.89. The van der Waals surface area contributed by atoms with E-state index in [0.717, 1.165) is 5.69 Å². The van der Waals surface area contributed by atoms with Gasteiger partial charge >= 0.3 is 5.76 Å². The van der Waals surface area contributed by atoms with Crippen LogP contribution < -0.4 is 5.76 Å². The highest BCUT2D eigenvalue weighted by atomic mass is 16.5. The lowest BCUT2D eigenvalue weighted by atomic mass is 10.3. The Balaban J connectivity index is 2.51. The molecule has 0 unspecified atom stereocenters. The molecule has 0 spiro atoms. The molecule has 0 aliphatic heterocycles. The first-order valence-electron chi connectivity index (χ1n) is 4.28. The normalized spacial score (nSPS) is 11.1. The van der Waals surface area contributed by atoms with Crippen molar-refractivity contribution in [1.29, 1.82) is 0 Å². The second-order valence-electron chi connectivity index (χ2n) is 3.20. The number of hydrogen-bond donors (Lipinski definition) is 1. The van der Waals surface area contributed by atoms with E-state index in [0.29, 0.717) is 5.82 Å². The summed E-state index contributed by atoms with van der Waals surface area (Å²) in [5.74, 6) is -0.155. The number of aromatic nitrogens is 4. The molecule has 0 aliphatic rings. The van der Waals surface area contributed by atoms with Crippen molar-refractivity contribution in [2.24, 2.45) is 0 Å². The lowest BCUT2D eigenvalue weighted by Gasteiger charge is -2.07. The zero-order chi connectivity index (χ0) is 10.1. The number of nitrogens with zero attached hydrogens (tertiary/aromatic N) is 3. The molecule has 0 radical (unpaired) electrons. The third kappa shape index (κ3) is 1.34. The van der Waals surface area contributed by atoms with E-state index in [-0.39, 0.29) is 6.04 Å². The van der Waals surface area contributed by atoms with Crippen LogP contribution in [0, 0.1) is 0 Å². The lowest BCUT2D eigenvalue weighted by molar-refractivity contribution is 0.387. The largest absolute Gasteiger partial charge is 0.439 e. The molecule has 14 heavy (non-hydrogen) atoms. The molecule has 0 fully saturated rings. The second kappa shape index (κ2) is 3.13. The van der Waals surface area contributed by atoms with Crippen molar-refractivity contribution in [3.63, 3.8) is 0 Å². The van der Waals surface area contributed by atoms with Crippen LogP contribution in [0.5, 0.6) is 0 Å². The monoisotopic (exact) mass is 194 g/mol. The first-order valence-corrected chi connectivity index (χ1v) is 4.28. The molecule has 0 aliphatic carbocycles. The summed E-state index contributed by atoms with van der Waals surface area (Å²) in [6.07, 6.45) is 1.66. The summed E-state index contributed by atoms with van der Waals surface area (Å²) in [6.45, 7) is 3.99. The van der Waals surface area contributed by atoms with Crippen LogP contribution >= 0.6 is 0 Å². The van der Waals surface area contributed by atoms with Crippen LogP contribution in [0.3, 0.4) is 0 Å². The molecule has 0 saturated heterocycles. The Kier molecular flexibility index (Phi) is 1.95. The van der Waals surface area contributed by atoms with E-state index in [2.05, 4.69) is 19.8 Å². The van der Waals surface area contributed by atoms with Crippen molar-refractivity contribution < 1.29 is 4.52 Å². The fourth-order valence-electron chi connectivity index (χ4n) is 1.25. The average Bonchev–Trinajstić information content (AvgIpc) is 2.70. The van der Waals surface area contributed by atoms with Gasteiger partial charge in [0.05, 0.1) is 0 Å². The SMILES string of the molecule is CC(C)n1nccc1-c1noc(=O)[nH]1. The van der Waals surface area contributed by atoms with E-state index in [9.17, 15) is 4.79 Å². The molecule has 2 aromatic rings. The molecule has 0 saturated carbocycles. The Morgan fingerprint density at radius 3 is 2.93 bits per heavy atom. The minimum absolute atomic E-state index is 0.209. The second-order valence-corrected chi connectivity index (χ2v) is 3.20. The van der Waals surface area contributed by atoms with E-state index in [1.165, 1.54) is 0 Å². The Labute approximate surface area is 79.5 Å². The number of rotatable bonds is 2. The molecule has 6 nitrogen and oxygen atoms in total. The van der Waals surface area contributed by atoms with Crippen LogP contribution in [-0.4, -0.2) is 19.9 Å². The highest BCUT2D eigenvalue weighted by Gasteiger charge is 2.11. The Bertz CT molecular complexity index is 479. The summed E-state index contributed by atoms with van der Waals surface area (Å²) in [4.78, 5) is 13.2. The fraction of sp³-hybridized carbons (Fsp3) is 0.375. The predicted octanol–water partition coefficient (Wildman–Crippen LogP) is 0.807. The van der Waals surface area contributed by atoms with Crippen LogP contribution in [0.15, 0.2) is 21.6 Å². The van der Waals surface area contributed by atoms with Crippen LogP contribution in [0.25, 0.3) is 11.5 Å². The first kappa shape index (κ1) is 8.74. The van der Waals surface area contributed by atoms with Gasteiger partial charge in [-0.3, -0.25) is 14.2 Å². The Morgan fingerprint density at radius 2 is 2.36 bits per heavy atom. The predicted molar refractivity (Wildman–Crippen MR) is 48.7 cm³/mol. The van der Waals surface area contributed by atoms with Crippen molar-refractivity contribution in [3.05, 3.63) is 22.8 Å². The first-order chi connectivity index (χ1) is 6.68. The minimum atomic E-state index is -0.559. The third-order valence-corrected chi connectivity index (χ3v) is 1.84. The molecule has 2 aromatic heterocycles. The van der Waals surface area contributed by atoms with E-state index < -0.39 is 5.76 Å². The van der Waals surface area contributed by atoms with Crippen molar-refractivity contribution in [2.45, 2.75) is 19.9 Å². The highest BCUT2D eigenvalue weighted by Crippen LogP contribution is 2.16. The molecule has 0 aromatic carbocycles. The van der Waals surface area contributed by atoms with Gasteiger partial charge in [-0.05, 0) is 19.9 Å². The molecule has 2 heterocycles. The van der Waals surface area contributed by atoms with E-state index in [1.807, 2.05) is 13.8 Å². The Morgan fingerprint density at radius 1 is 1.57 bits per heavy atom. The fourth-order valence-corrected chi connectivity index (χ4v) is 1.25. The van der Waals surface area contributed by atoms with Crippen LogP contribution in [0.4, 0.5) is 0 Å². The van der Waals surface area contributed by atoms with Crippen molar-refractivity contribution in [3.8, 4) is 11.5 Å². The standard InChI is InChI=1S/C8H10N4O2/c1-5(2)12-6(3-4-9-12)7-10-8(13)14-11-7/h3-5H,1-2H3,(H,10,11,13). The maximum absolute atomic E-state index is 10.8. The van der Waals surface area contributed by atoms with Crippen LogP contribution in [0.1, 0.15) is 19.9 Å². The van der Waals surface area contributed by atoms with Crippen molar-refractivity contribution in [1.82, 2.24) is 19.9 Å². The van der Waals surface area contributed by atoms with Gasteiger partial charge in [0, 0.05) is 12.2 Å². The summed E-state index contributed by atoms with van der Waals surface area (Å²) >= 11 is 0. The average molecular weight is 194 g/mol. The lowest BCUT2D eigenvalue weighted by Crippen LogP contribution is -2.05. The Hall–Kier alpha value is -1.85. The molecule has 6 heteroatoms. The summed E-state index contributed by atoms with van der Waals surface area (Å²) in [5, 5.41) is 7.71. The molecule has 0 bridgehead atoms. The molecule has 0 atom stereocenters. The molecular weight excluding hydrogens is 184 g/mol. The van der Waals surface area contributed by atoms with Gasteiger partial charge in [0.1, 0.15) is 5.69 Å². The number of hydrogen-bond acceptors (Lipinski definition) is 4. The van der Waals surface area contributed by atoms with E-state index >= 15 is 0 Å². The molecule has 74 valence electrons. The van der Waals surface area contributed by atoms with Crippen LogP contribution in [0.2, 0.25) is 0 Å². The van der Waals surface area contributed by atoms with Gasteiger partial charge in [0.15, 0.2) is 0 Å². The maximum atomic E-state index is 10.8. The smallest absolute Gasteiger partial charge is 0.296 e. The maximum Gasteiger partial charge on any atom is 0.439 e. The van der Waals surface area contributed by atoms with Crippen LogP contribution in [-0.2, 0) is 0 Å². The van der Waals surface area contributed by atoms with Gasteiger partial charge in [0.2, 0.25) is 5.82 Å². The van der Waals surface area contributed by atoms with Gasteiger partial charge in [0.25, 0.3) is 0 Å². The van der Waals surface area contributed by atoms with E-state index in [1.54, 1.807) is 16.9 Å². The van der Waals surface area contributed by atoms with Crippen molar-refractivity contribution >= 4 is 0 Å². The molecule has 2 rings (SSSR count). The van der Waals surface area contributed by atoms with E-state index in [4.69, 9.17) is 0 Å². The molecular formula is C8H10N4O2. The van der Waals surface area contributed by atoms with Gasteiger partial charge in [-0.2, -0.15) is 5.10 Å². The highest BCUT2D eigenvalue weighted by molar-refractivity contribution is 5.47. The quantitative estimate of drug-likeness (QED) is 0.767. The molecule has 0 amide bonds. The van der Waals surface area contributed by atoms with Crippen molar-refractivity contribution in [2.75, 3.05) is 0 Å². The third-order valence-electron chi connectivity index (χ3n) is 1.84. The number of nitrogens with one attached hydrogen (secondary N) is 1.